The average molecular weight is 371 g/mol. The van der Waals surface area contributed by atoms with Gasteiger partial charge in [0.2, 0.25) is 5.91 Å². The van der Waals surface area contributed by atoms with Gasteiger partial charge in [-0.25, -0.2) is 9.59 Å². The van der Waals surface area contributed by atoms with E-state index in [1.165, 1.54) is 32.4 Å². The van der Waals surface area contributed by atoms with Crippen LogP contribution in [0.3, 0.4) is 0 Å². The summed E-state index contributed by atoms with van der Waals surface area (Å²) in [6, 6.07) is 4.34. The van der Waals surface area contributed by atoms with E-state index in [4.69, 9.17) is 0 Å². The highest BCUT2D eigenvalue weighted by atomic mass is 35.5. The van der Waals surface area contributed by atoms with Crippen molar-refractivity contribution in [3.63, 3.8) is 0 Å². The van der Waals surface area contributed by atoms with Crippen molar-refractivity contribution in [2.75, 3.05) is 32.6 Å². The van der Waals surface area contributed by atoms with Gasteiger partial charge in [-0.2, -0.15) is 0 Å². The van der Waals surface area contributed by atoms with Crippen molar-refractivity contribution in [2.45, 2.75) is 19.8 Å². The van der Waals surface area contributed by atoms with Crippen molar-refractivity contribution < 1.29 is 23.9 Å². The lowest BCUT2D eigenvalue weighted by Crippen LogP contribution is -2.46. The van der Waals surface area contributed by atoms with E-state index in [-0.39, 0.29) is 29.4 Å². The second kappa shape index (κ2) is 8.82. The number of esters is 2. The van der Waals surface area contributed by atoms with Crippen LogP contribution >= 0.6 is 12.4 Å². The van der Waals surface area contributed by atoms with E-state index in [2.05, 4.69) is 20.1 Å². The molecule has 0 aromatic heterocycles. The van der Waals surface area contributed by atoms with Gasteiger partial charge in [0.05, 0.1) is 30.8 Å². The van der Waals surface area contributed by atoms with Crippen LogP contribution in [0.25, 0.3) is 0 Å². The minimum atomic E-state index is -0.596. The molecule has 2 N–H and O–H groups in total. The highest BCUT2D eigenvalue weighted by Crippen LogP contribution is 2.28. The predicted octanol–water partition coefficient (Wildman–Crippen LogP) is 2.01. The van der Waals surface area contributed by atoms with Gasteiger partial charge in [-0.05, 0) is 44.5 Å². The molecule has 1 saturated heterocycles. The van der Waals surface area contributed by atoms with Gasteiger partial charge < -0.3 is 20.1 Å². The molecule has 1 heterocycles. The molecule has 1 aliphatic heterocycles. The van der Waals surface area contributed by atoms with Crippen molar-refractivity contribution in [3.8, 4) is 0 Å². The first-order valence-electron chi connectivity index (χ1n) is 7.73. The van der Waals surface area contributed by atoms with Crippen LogP contribution in [-0.4, -0.2) is 45.2 Å². The molecule has 1 amide bonds. The molecule has 1 aromatic carbocycles. The van der Waals surface area contributed by atoms with Crippen molar-refractivity contribution in [1.82, 2.24) is 5.32 Å². The smallest absolute Gasteiger partial charge is 0.337 e. The molecule has 0 saturated carbocycles. The maximum Gasteiger partial charge on any atom is 0.337 e. The molecule has 138 valence electrons. The Bertz CT molecular complexity index is 622. The first-order valence-corrected chi connectivity index (χ1v) is 7.73. The molecule has 1 aromatic rings. The largest absolute Gasteiger partial charge is 0.465 e. The second-order valence-corrected chi connectivity index (χ2v) is 6.08. The van der Waals surface area contributed by atoms with E-state index in [1.54, 1.807) is 0 Å². The Morgan fingerprint density at radius 1 is 1.08 bits per heavy atom. The quantitative estimate of drug-likeness (QED) is 0.787. The zero-order chi connectivity index (χ0) is 17.7. The monoisotopic (exact) mass is 370 g/mol. The molecule has 1 fully saturated rings. The summed E-state index contributed by atoms with van der Waals surface area (Å²) in [5, 5.41) is 6.01. The summed E-state index contributed by atoms with van der Waals surface area (Å²) in [6.45, 7) is 3.37. The summed E-state index contributed by atoms with van der Waals surface area (Å²) in [6.07, 6.45) is 1.69. The molecule has 25 heavy (non-hydrogen) atoms. The van der Waals surface area contributed by atoms with Gasteiger partial charge in [-0.3, -0.25) is 4.79 Å². The summed E-state index contributed by atoms with van der Waals surface area (Å²) in [5.74, 6) is -1.35. The third-order valence-corrected chi connectivity index (χ3v) is 4.18. The normalized spacial score (nSPS) is 19.3. The molecule has 1 aliphatic rings. The van der Waals surface area contributed by atoms with Gasteiger partial charge in [0.15, 0.2) is 0 Å². The van der Waals surface area contributed by atoms with Crippen LogP contribution in [0, 0.1) is 5.41 Å². The van der Waals surface area contributed by atoms with E-state index < -0.39 is 17.4 Å². The molecule has 0 bridgehead atoms. The number of piperidine rings is 1. The number of carbonyl (C=O) groups is 3. The zero-order valence-corrected chi connectivity index (χ0v) is 15.3. The maximum absolute atomic E-state index is 12.6. The maximum atomic E-state index is 12.6. The standard InChI is InChI=1S/C17H22N2O5.ClH/c1-17(5-4-6-18-10-17)16(22)19-13-8-11(14(20)23-2)7-12(9-13)15(21)24-3;/h7-9,18H,4-6,10H2,1-3H3,(H,19,22);1H. The van der Waals surface area contributed by atoms with Crippen LogP contribution in [-0.2, 0) is 14.3 Å². The number of carbonyl (C=O) groups excluding carboxylic acids is 3. The van der Waals surface area contributed by atoms with E-state index in [9.17, 15) is 14.4 Å². The second-order valence-electron chi connectivity index (χ2n) is 6.08. The first kappa shape index (κ1) is 20.9. The van der Waals surface area contributed by atoms with Crippen LogP contribution in [0.4, 0.5) is 5.69 Å². The van der Waals surface area contributed by atoms with Crippen LogP contribution in [0.2, 0.25) is 0 Å². The van der Waals surface area contributed by atoms with Gasteiger partial charge in [-0.15, -0.1) is 12.4 Å². The Hall–Kier alpha value is -2.12. The Morgan fingerprint density at radius 3 is 2.08 bits per heavy atom. The highest BCUT2D eigenvalue weighted by molar-refractivity contribution is 6.00. The number of hydrogen-bond donors (Lipinski definition) is 2. The molecule has 0 aliphatic carbocycles. The summed E-state index contributed by atoms with van der Waals surface area (Å²) < 4.78 is 9.37. The Morgan fingerprint density at radius 2 is 1.64 bits per heavy atom. The zero-order valence-electron chi connectivity index (χ0n) is 14.5. The lowest BCUT2D eigenvalue weighted by atomic mass is 9.82. The number of benzene rings is 1. The number of ether oxygens (including phenoxy) is 2. The fraction of sp³-hybridized carbons (Fsp3) is 0.471. The van der Waals surface area contributed by atoms with Gasteiger partial charge in [0, 0.05) is 12.2 Å². The molecular formula is C17H23ClN2O5. The number of nitrogens with one attached hydrogen (secondary N) is 2. The molecule has 2 rings (SSSR count). The molecule has 1 unspecified atom stereocenters. The van der Waals surface area contributed by atoms with E-state index in [0.29, 0.717) is 12.2 Å². The van der Waals surface area contributed by atoms with Crippen molar-refractivity contribution in [3.05, 3.63) is 29.3 Å². The third-order valence-electron chi connectivity index (χ3n) is 4.18. The minimum Gasteiger partial charge on any atom is -0.465 e. The van der Waals surface area contributed by atoms with Gasteiger partial charge in [-0.1, -0.05) is 0 Å². The third kappa shape index (κ3) is 4.93. The Kier molecular flexibility index (Phi) is 7.38. The van der Waals surface area contributed by atoms with Crippen LogP contribution in [0.15, 0.2) is 18.2 Å². The predicted molar refractivity (Wildman–Crippen MR) is 95.2 cm³/mol. The van der Waals surface area contributed by atoms with Crippen LogP contribution in [0.5, 0.6) is 0 Å². The number of rotatable bonds is 4. The SMILES string of the molecule is COC(=O)c1cc(NC(=O)C2(C)CCCNC2)cc(C(=O)OC)c1.Cl. The lowest BCUT2D eigenvalue weighted by Gasteiger charge is -2.32. The summed E-state index contributed by atoms with van der Waals surface area (Å²) in [7, 11) is 2.50. The highest BCUT2D eigenvalue weighted by Gasteiger charge is 2.34. The van der Waals surface area contributed by atoms with Crippen LogP contribution in [0.1, 0.15) is 40.5 Å². The number of amides is 1. The number of anilines is 1. The fourth-order valence-corrected chi connectivity index (χ4v) is 2.70. The number of halogens is 1. The minimum absolute atomic E-state index is 0. The van der Waals surface area contributed by atoms with Gasteiger partial charge in [0.1, 0.15) is 0 Å². The first-order chi connectivity index (χ1) is 11.4. The van der Waals surface area contributed by atoms with Crippen molar-refractivity contribution in [1.29, 1.82) is 0 Å². The molecule has 0 radical (unpaired) electrons. The van der Waals surface area contributed by atoms with E-state index in [0.717, 1.165) is 19.4 Å². The molecule has 7 nitrogen and oxygen atoms in total. The molecule has 0 spiro atoms. The topological polar surface area (TPSA) is 93.7 Å². The fourth-order valence-electron chi connectivity index (χ4n) is 2.70. The number of methoxy groups -OCH3 is 2. The molecular weight excluding hydrogens is 348 g/mol. The lowest BCUT2D eigenvalue weighted by molar-refractivity contribution is -0.125. The van der Waals surface area contributed by atoms with E-state index in [1.807, 2.05) is 6.92 Å². The summed E-state index contributed by atoms with van der Waals surface area (Å²) in [5.41, 5.74) is 0.158. The Balaban J connectivity index is 0.00000312. The molecule has 8 heteroatoms. The van der Waals surface area contributed by atoms with Gasteiger partial charge in [0.25, 0.3) is 0 Å². The van der Waals surface area contributed by atoms with Crippen LogP contribution < -0.4 is 10.6 Å². The van der Waals surface area contributed by atoms with Gasteiger partial charge >= 0.3 is 11.9 Å². The van der Waals surface area contributed by atoms with E-state index >= 15 is 0 Å². The molecule has 1 atom stereocenters. The summed E-state index contributed by atoms with van der Waals surface area (Å²) in [4.78, 5) is 36.2. The average Bonchev–Trinajstić information content (AvgIpc) is 2.60. The number of hydrogen-bond acceptors (Lipinski definition) is 6. The van der Waals surface area contributed by atoms with Crippen molar-refractivity contribution >= 4 is 35.9 Å². The summed E-state index contributed by atoms with van der Waals surface area (Å²) >= 11 is 0. The Labute approximate surface area is 152 Å². The van der Waals surface area contributed by atoms with Crippen molar-refractivity contribution in [2.24, 2.45) is 5.41 Å².